The first-order valence-corrected chi connectivity index (χ1v) is 10.7. The predicted octanol–water partition coefficient (Wildman–Crippen LogP) is -0.720. The molecule has 0 aromatic heterocycles. The second-order valence-corrected chi connectivity index (χ2v) is 9.55. The zero-order valence-electron chi connectivity index (χ0n) is 17.5. The van der Waals surface area contributed by atoms with Gasteiger partial charge in [0, 0.05) is 16.0 Å². The van der Waals surface area contributed by atoms with Gasteiger partial charge in [0.2, 0.25) is 5.78 Å². The van der Waals surface area contributed by atoms with Crippen LogP contribution in [0.15, 0.2) is 27.4 Å². The second-order valence-electron chi connectivity index (χ2n) is 8.70. The number of amides is 1. The summed E-state index contributed by atoms with van der Waals surface area (Å²) in [6.45, 7) is 0. The molecule has 0 bridgehead atoms. The lowest BCUT2D eigenvalue weighted by atomic mass is 9.56. The fourth-order valence-electron chi connectivity index (χ4n) is 5.29. The predicted molar refractivity (Wildman–Crippen MR) is 118 cm³/mol. The molecule has 0 saturated heterocycles. The van der Waals surface area contributed by atoms with E-state index < -0.39 is 75.5 Å². The van der Waals surface area contributed by atoms with Crippen molar-refractivity contribution in [2.24, 2.45) is 17.6 Å². The molecule has 1 aromatic carbocycles. The maximum absolute atomic E-state index is 13.6. The van der Waals surface area contributed by atoms with Crippen LogP contribution in [0.4, 0.5) is 5.69 Å². The van der Waals surface area contributed by atoms with Crippen molar-refractivity contribution in [3.05, 3.63) is 38.6 Å². The molecular formula is C21H22BrN3O8. The van der Waals surface area contributed by atoms with Crippen LogP contribution in [-0.4, -0.2) is 79.7 Å². The van der Waals surface area contributed by atoms with Crippen molar-refractivity contribution in [3.8, 4) is 5.75 Å². The second kappa shape index (κ2) is 7.29. The van der Waals surface area contributed by atoms with Crippen LogP contribution >= 0.6 is 15.9 Å². The van der Waals surface area contributed by atoms with Crippen molar-refractivity contribution < 1.29 is 39.9 Å². The summed E-state index contributed by atoms with van der Waals surface area (Å²) >= 11 is 3.20. The van der Waals surface area contributed by atoms with Gasteiger partial charge in [-0.05, 0) is 48.1 Å². The highest BCUT2D eigenvalue weighted by molar-refractivity contribution is 9.10. The van der Waals surface area contributed by atoms with Crippen molar-refractivity contribution in [1.82, 2.24) is 4.90 Å². The number of hydrogen-bond donors (Lipinski definition) is 7. The number of carbonyl (C=O) groups is 3. The Kier molecular flexibility index (Phi) is 5.13. The number of ketones is 2. The first-order valence-electron chi connectivity index (χ1n) is 9.89. The Balaban J connectivity index is 2.04. The molecule has 5 atom stereocenters. The van der Waals surface area contributed by atoms with E-state index in [1.165, 1.54) is 25.1 Å². The van der Waals surface area contributed by atoms with Gasteiger partial charge < -0.3 is 37.0 Å². The van der Waals surface area contributed by atoms with Gasteiger partial charge in [-0.2, -0.15) is 0 Å². The molecule has 1 saturated carbocycles. The minimum atomic E-state index is -2.93. The number of aliphatic hydroxyl groups is 4. The molecule has 9 N–H and O–H groups in total. The zero-order valence-corrected chi connectivity index (χ0v) is 19.1. The third kappa shape index (κ3) is 2.81. The van der Waals surface area contributed by atoms with Crippen LogP contribution in [0.1, 0.15) is 11.1 Å². The average molecular weight is 524 g/mol. The summed E-state index contributed by atoms with van der Waals surface area (Å²) in [5.41, 5.74) is 6.81. The number of aromatic hydroxyl groups is 1. The minimum Gasteiger partial charge on any atom is -0.508 e. The number of anilines is 1. The first kappa shape index (κ1) is 23.2. The number of benzene rings is 1. The van der Waals surface area contributed by atoms with Crippen molar-refractivity contribution >= 4 is 44.9 Å². The van der Waals surface area contributed by atoms with E-state index in [-0.39, 0.29) is 17.7 Å². The molecule has 3 aliphatic rings. The summed E-state index contributed by atoms with van der Waals surface area (Å²) in [4.78, 5) is 39.9. The first-order chi connectivity index (χ1) is 15.3. The summed E-state index contributed by atoms with van der Waals surface area (Å²) in [7, 11) is 2.89. The average Bonchev–Trinajstić information content (AvgIpc) is 2.71. The van der Waals surface area contributed by atoms with E-state index in [1.807, 2.05) is 0 Å². The van der Waals surface area contributed by atoms with E-state index in [0.29, 0.717) is 10.0 Å². The number of Topliss-reactive ketones (excluding diaryl/α,β-unsaturated/α-hetero) is 2. The third-order valence-electron chi connectivity index (χ3n) is 6.78. The summed E-state index contributed by atoms with van der Waals surface area (Å²) in [5, 5.41) is 55.0. The number of aliphatic hydroxyl groups excluding tert-OH is 3. The molecule has 12 heteroatoms. The summed E-state index contributed by atoms with van der Waals surface area (Å²) in [6, 6.07) is 0.136. The summed E-state index contributed by atoms with van der Waals surface area (Å²) in [6.07, 6.45) is -1.67. The Labute approximate surface area is 195 Å². The molecule has 11 nitrogen and oxygen atoms in total. The third-order valence-corrected chi connectivity index (χ3v) is 7.44. The number of nitrogen functional groups attached to an aromatic ring is 1. The van der Waals surface area contributed by atoms with Gasteiger partial charge in [0.25, 0.3) is 5.91 Å². The molecule has 1 aromatic rings. The maximum atomic E-state index is 13.6. The number of halogens is 1. The van der Waals surface area contributed by atoms with Crippen molar-refractivity contribution in [1.29, 1.82) is 0 Å². The van der Waals surface area contributed by atoms with Gasteiger partial charge in [-0.3, -0.25) is 19.3 Å². The molecule has 0 heterocycles. The van der Waals surface area contributed by atoms with Crippen molar-refractivity contribution in [2.75, 3.05) is 19.8 Å². The molecule has 1 fully saturated rings. The van der Waals surface area contributed by atoms with Gasteiger partial charge >= 0.3 is 0 Å². The molecule has 1 amide bonds. The fraction of sp³-hybridized carbons (Fsp3) is 0.381. The van der Waals surface area contributed by atoms with Crippen LogP contribution in [0.3, 0.4) is 0 Å². The highest BCUT2D eigenvalue weighted by Gasteiger charge is 2.67. The molecule has 33 heavy (non-hydrogen) atoms. The minimum absolute atomic E-state index is 0.0534. The van der Waals surface area contributed by atoms with Gasteiger partial charge in [-0.1, -0.05) is 0 Å². The number of fused-ring (bicyclic) bond motifs is 3. The number of primary amides is 1. The number of rotatable bonds is 2. The van der Waals surface area contributed by atoms with E-state index in [9.17, 15) is 39.9 Å². The maximum Gasteiger partial charge on any atom is 0.255 e. The van der Waals surface area contributed by atoms with Gasteiger partial charge in [0.1, 0.15) is 17.1 Å². The number of carbonyl (C=O) groups excluding carboxylic acids is 3. The van der Waals surface area contributed by atoms with Gasteiger partial charge in [0.05, 0.1) is 29.3 Å². The van der Waals surface area contributed by atoms with E-state index in [0.717, 1.165) is 0 Å². The van der Waals surface area contributed by atoms with Crippen LogP contribution in [0, 0.1) is 11.8 Å². The molecule has 176 valence electrons. The Morgan fingerprint density at radius 3 is 2.39 bits per heavy atom. The molecular weight excluding hydrogens is 502 g/mol. The number of likely N-dealkylation sites (N-methyl/N-ethyl adjacent to an activating group) is 1. The SMILES string of the molecule is CN(C)[C@@H]1C(=O)C(C(N)=O)=C(O)[C@@]2(O)C(=O)C3=C(O)c4c(cc(Br)c(N)c4O)C[C@H]3[C@H](O)[C@@H]12. The van der Waals surface area contributed by atoms with E-state index >= 15 is 0 Å². The fourth-order valence-corrected chi connectivity index (χ4v) is 5.76. The van der Waals surface area contributed by atoms with Crippen LogP contribution in [0.25, 0.3) is 5.76 Å². The van der Waals surface area contributed by atoms with Crippen LogP contribution in [0.2, 0.25) is 0 Å². The lowest BCUT2D eigenvalue weighted by molar-refractivity contribution is -0.168. The molecule has 3 aliphatic carbocycles. The molecule has 4 rings (SSSR count). The molecule has 0 unspecified atom stereocenters. The molecule has 0 radical (unpaired) electrons. The number of phenolic OH excluding ortho intramolecular Hbond substituents is 1. The van der Waals surface area contributed by atoms with E-state index in [1.54, 1.807) is 0 Å². The quantitative estimate of drug-likeness (QED) is 0.147. The highest BCUT2D eigenvalue weighted by Crippen LogP contribution is 2.53. The zero-order chi connectivity index (χ0) is 24.7. The van der Waals surface area contributed by atoms with Crippen molar-refractivity contribution in [2.45, 2.75) is 24.2 Å². The number of hydrogen-bond acceptors (Lipinski definition) is 10. The van der Waals surface area contributed by atoms with Crippen LogP contribution in [-0.2, 0) is 20.8 Å². The topological polar surface area (TPSA) is 208 Å². The Morgan fingerprint density at radius 1 is 1.24 bits per heavy atom. The monoisotopic (exact) mass is 523 g/mol. The largest absolute Gasteiger partial charge is 0.508 e. The lowest BCUT2D eigenvalue weighted by Crippen LogP contribution is -2.70. The van der Waals surface area contributed by atoms with E-state index in [4.69, 9.17) is 11.5 Å². The normalized spacial score (nSPS) is 31.5. The number of nitrogens with zero attached hydrogens (tertiary/aromatic N) is 1. The van der Waals surface area contributed by atoms with Crippen LogP contribution < -0.4 is 11.5 Å². The molecule has 0 aliphatic heterocycles. The van der Waals surface area contributed by atoms with Gasteiger partial charge in [0.15, 0.2) is 17.1 Å². The lowest BCUT2D eigenvalue weighted by Gasteiger charge is -2.52. The molecule has 0 spiro atoms. The summed E-state index contributed by atoms with van der Waals surface area (Å²) < 4.78 is 0.328. The number of nitrogens with two attached hydrogens (primary N) is 2. The standard InChI is InChI=1S/C21H22BrN3O8/c1-25(2)13-11-14(26)6-3-5-4-7(22)12(23)16(28)8(5)15(27)9(6)18(30)21(11,33)19(31)10(17(13)29)20(24)32/h4,6,11,13-14,26-28,31,33H,3,23H2,1-2H3,(H2,24,32)/t6-,11-,13+,14+,21+/m1/s1. The number of phenols is 1. The Morgan fingerprint density at radius 2 is 1.85 bits per heavy atom. The van der Waals surface area contributed by atoms with Gasteiger partial charge in [-0.25, -0.2) is 0 Å². The Bertz CT molecular complexity index is 1210. The van der Waals surface area contributed by atoms with E-state index in [2.05, 4.69) is 15.9 Å². The summed E-state index contributed by atoms with van der Waals surface area (Å²) in [5.74, 6) is -8.73. The van der Waals surface area contributed by atoms with Crippen LogP contribution in [0.5, 0.6) is 5.75 Å². The highest BCUT2D eigenvalue weighted by atomic mass is 79.9. The smallest absolute Gasteiger partial charge is 0.255 e. The Hall–Kier alpha value is -2.93. The van der Waals surface area contributed by atoms with Gasteiger partial charge in [-0.15, -0.1) is 0 Å². The van der Waals surface area contributed by atoms with Crippen molar-refractivity contribution in [3.63, 3.8) is 0 Å².